The standard InChI is InChI=1S/C10H13I.C5H6O4S2/c1-10(2,3)8-4-6-9(11)7-5-8;6-11(7,8)9-4-5-2-1-3-10-5/h4-7H,1-3H3;1-3H,4H2,(H,6,7,8)/p-1. The lowest BCUT2D eigenvalue weighted by Crippen LogP contribution is -2.10. The number of hydrogen-bond acceptors (Lipinski definition) is 5. The summed E-state index contributed by atoms with van der Waals surface area (Å²) in [5.74, 6) is 0. The molecular formula is C15H18IO4S2-. The van der Waals surface area contributed by atoms with Crippen molar-refractivity contribution >= 4 is 44.3 Å². The first-order valence-corrected chi connectivity index (χ1v) is 9.76. The molecule has 0 atom stereocenters. The minimum Gasteiger partial charge on any atom is -0.726 e. The molecule has 2 aromatic rings. The van der Waals surface area contributed by atoms with E-state index in [1.807, 2.05) is 0 Å². The monoisotopic (exact) mass is 453 g/mol. The van der Waals surface area contributed by atoms with Crippen molar-refractivity contribution in [2.24, 2.45) is 0 Å². The second-order valence-electron chi connectivity index (χ2n) is 5.51. The fraction of sp³-hybridized carbons (Fsp3) is 0.333. The molecule has 0 spiro atoms. The predicted octanol–water partition coefficient (Wildman–Crippen LogP) is 4.31. The second kappa shape index (κ2) is 8.39. The topological polar surface area (TPSA) is 66.4 Å². The largest absolute Gasteiger partial charge is 0.726 e. The lowest BCUT2D eigenvalue weighted by atomic mass is 9.87. The summed E-state index contributed by atoms with van der Waals surface area (Å²) in [6, 6.07) is 12.1. The van der Waals surface area contributed by atoms with Crippen LogP contribution in [0.4, 0.5) is 0 Å². The van der Waals surface area contributed by atoms with Crippen LogP contribution < -0.4 is 0 Å². The highest BCUT2D eigenvalue weighted by molar-refractivity contribution is 14.1. The van der Waals surface area contributed by atoms with Crippen molar-refractivity contribution in [2.75, 3.05) is 0 Å². The van der Waals surface area contributed by atoms with E-state index in [-0.39, 0.29) is 12.0 Å². The molecule has 0 aliphatic heterocycles. The molecular weight excluding hydrogens is 435 g/mol. The van der Waals surface area contributed by atoms with Crippen LogP contribution in [0.3, 0.4) is 0 Å². The van der Waals surface area contributed by atoms with Crippen molar-refractivity contribution in [3.63, 3.8) is 0 Å². The Bertz CT molecular complexity index is 657. The first-order chi connectivity index (χ1) is 10.1. The van der Waals surface area contributed by atoms with Crippen LogP contribution in [0.15, 0.2) is 41.8 Å². The Kier molecular flexibility index (Phi) is 7.47. The molecule has 1 aromatic heterocycles. The molecule has 0 N–H and O–H groups in total. The molecule has 1 aromatic carbocycles. The normalized spacial score (nSPS) is 11.7. The summed E-state index contributed by atoms with van der Waals surface area (Å²) in [6.07, 6.45) is 0. The third-order valence-electron chi connectivity index (χ3n) is 2.64. The van der Waals surface area contributed by atoms with Crippen LogP contribution in [0.2, 0.25) is 0 Å². The minimum atomic E-state index is -4.54. The van der Waals surface area contributed by atoms with Crippen LogP contribution in [0.5, 0.6) is 0 Å². The predicted molar refractivity (Wildman–Crippen MR) is 96.7 cm³/mol. The van der Waals surface area contributed by atoms with Gasteiger partial charge in [-0.15, -0.1) is 11.3 Å². The summed E-state index contributed by atoms with van der Waals surface area (Å²) < 4.78 is 35.2. The van der Waals surface area contributed by atoms with E-state index >= 15 is 0 Å². The zero-order valence-electron chi connectivity index (χ0n) is 12.6. The smallest absolute Gasteiger partial charge is 0.217 e. The van der Waals surface area contributed by atoms with E-state index in [0.717, 1.165) is 0 Å². The van der Waals surface area contributed by atoms with Gasteiger partial charge >= 0.3 is 0 Å². The molecule has 22 heavy (non-hydrogen) atoms. The van der Waals surface area contributed by atoms with Crippen molar-refractivity contribution in [1.29, 1.82) is 0 Å². The van der Waals surface area contributed by atoms with E-state index in [9.17, 15) is 13.0 Å². The Balaban J connectivity index is 0.000000220. The van der Waals surface area contributed by atoms with Crippen molar-refractivity contribution in [1.82, 2.24) is 0 Å². The van der Waals surface area contributed by atoms with Gasteiger partial charge in [-0.3, -0.25) is 4.18 Å². The Morgan fingerprint density at radius 1 is 1.18 bits per heavy atom. The SMILES string of the molecule is CC(C)(C)c1ccc(I)cc1.O=S(=O)([O-])OCc1cccs1. The molecule has 2 rings (SSSR count). The van der Waals surface area contributed by atoms with Crippen molar-refractivity contribution < 1.29 is 17.2 Å². The molecule has 0 aliphatic rings. The van der Waals surface area contributed by atoms with E-state index in [2.05, 4.69) is 71.8 Å². The Labute approximate surface area is 149 Å². The molecule has 0 saturated carbocycles. The summed E-state index contributed by atoms with van der Waals surface area (Å²) in [5.41, 5.74) is 1.68. The van der Waals surface area contributed by atoms with Gasteiger partial charge in [-0.2, -0.15) is 0 Å². The van der Waals surface area contributed by atoms with Gasteiger partial charge in [0.15, 0.2) is 0 Å². The van der Waals surface area contributed by atoms with Crippen molar-refractivity contribution in [2.45, 2.75) is 32.8 Å². The van der Waals surface area contributed by atoms with Crippen LogP contribution in [-0.4, -0.2) is 13.0 Å². The number of halogens is 1. The van der Waals surface area contributed by atoms with Gasteiger partial charge in [0.25, 0.3) is 0 Å². The van der Waals surface area contributed by atoms with Gasteiger partial charge < -0.3 is 4.55 Å². The number of rotatable bonds is 3. The lowest BCUT2D eigenvalue weighted by molar-refractivity contribution is 0.255. The highest BCUT2D eigenvalue weighted by atomic mass is 127. The lowest BCUT2D eigenvalue weighted by Gasteiger charge is -2.18. The highest BCUT2D eigenvalue weighted by Crippen LogP contribution is 2.22. The summed E-state index contributed by atoms with van der Waals surface area (Å²) in [6.45, 7) is 6.53. The van der Waals surface area contributed by atoms with Gasteiger partial charge in [-0.1, -0.05) is 39.0 Å². The second-order valence-corrected chi connectivity index (χ2v) is 8.84. The maximum Gasteiger partial charge on any atom is 0.217 e. The van der Waals surface area contributed by atoms with Crippen molar-refractivity contribution in [3.8, 4) is 0 Å². The molecule has 4 nitrogen and oxygen atoms in total. The third-order valence-corrected chi connectivity index (χ3v) is 4.61. The zero-order valence-corrected chi connectivity index (χ0v) is 16.4. The Morgan fingerprint density at radius 2 is 1.77 bits per heavy atom. The van der Waals surface area contributed by atoms with Gasteiger partial charge in [-0.25, -0.2) is 8.42 Å². The van der Waals surface area contributed by atoms with E-state index in [4.69, 9.17) is 0 Å². The minimum absolute atomic E-state index is 0.163. The Hall–Kier alpha value is -0.480. The van der Waals surface area contributed by atoms with Crippen LogP contribution >= 0.6 is 33.9 Å². The maximum absolute atomic E-state index is 9.95. The highest BCUT2D eigenvalue weighted by Gasteiger charge is 2.12. The zero-order chi connectivity index (χ0) is 16.8. The fourth-order valence-electron chi connectivity index (χ4n) is 1.47. The first kappa shape index (κ1) is 19.6. The number of thiophene rings is 1. The van der Waals surface area contributed by atoms with E-state index < -0.39 is 10.4 Å². The number of benzene rings is 1. The summed E-state index contributed by atoms with van der Waals surface area (Å²) in [4.78, 5) is 0.712. The van der Waals surface area contributed by atoms with E-state index in [1.54, 1.807) is 17.5 Å². The van der Waals surface area contributed by atoms with Gasteiger partial charge in [0.1, 0.15) is 0 Å². The fourth-order valence-corrected chi connectivity index (χ4v) is 2.80. The number of hydrogen-bond donors (Lipinski definition) is 0. The quantitative estimate of drug-likeness (QED) is 0.395. The molecule has 1 heterocycles. The molecule has 0 saturated heterocycles. The van der Waals surface area contributed by atoms with Crippen molar-refractivity contribution in [3.05, 3.63) is 55.8 Å². The third kappa shape index (κ3) is 8.23. The molecule has 7 heteroatoms. The summed E-state index contributed by atoms with van der Waals surface area (Å²) in [5, 5.41) is 1.77. The summed E-state index contributed by atoms with van der Waals surface area (Å²) >= 11 is 3.66. The van der Waals surface area contributed by atoms with Crippen LogP contribution in [0, 0.1) is 3.57 Å². The van der Waals surface area contributed by atoms with Crippen LogP contribution in [-0.2, 0) is 26.6 Å². The average Bonchev–Trinajstić information content (AvgIpc) is 2.89. The van der Waals surface area contributed by atoms with Crippen LogP contribution in [0.25, 0.3) is 0 Å². The molecule has 0 fully saturated rings. The van der Waals surface area contributed by atoms with Gasteiger partial charge in [0.05, 0.1) is 6.61 Å². The van der Waals surface area contributed by atoms with Gasteiger partial charge in [0.2, 0.25) is 10.4 Å². The summed E-state index contributed by atoms with van der Waals surface area (Å²) in [7, 11) is -4.54. The van der Waals surface area contributed by atoms with Gasteiger partial charge in [-0.05, 0) is 57.1 Å². The van der Waals surface area contributed by atoms with Gasteiger partial charge in [0, 0.05) is 8.45 Å². The molecule has 0 radical (unpaired) electrons. The van der Waals surface area contributed by atoms with Crippen LogP contribution in [0.1, 0.15) is 31.2 Å². The molecule has 0 bridgehead atoms. The molecule has 0 unspecified atom stereocenters. The average molecular weight is 453 g/mol. The molecule has 122 valence electrons. The molecule has 0 aliphatic carbocycles. The maximum atomic E-state index is 9.95. The first-order valence-electron chi connectivity index (χ1n) is 6.46. The Morgan fingerprint density at radius 3 is 2.18 bits per heavy atom. The van der Waals surface area contributed by atoms with E-state index in [0.29, 0.717) is 4.88 Å². The molecule has 0 amide bonds. The van der Waals surface area contributed by atoms with E-state index in [1.165, 1.54) is 20.5 Å².